The van der Waals surface area contributed by atoms with Gasteiger partial charge in [-0.15, -0.1) is 0 Å². The lowest BCUT2D eigenvalue weighted by atomic mass is 10.2. The quantitative estimate of drug-likeness (QED) is 0.488. The van der Waals surface area contributed by atoms with Crippen molar-refractivity contribution in [2.24, 2.45) is 0 Å². The Morgan fingerprint density at radius 2 is 1.97 bits per heavy atom. The van der Waals surface area contributed by atoms with Gasteiger partial charge < -0.3 is 19.2 Å². The Morgan fingerprint density at radius 3 is 2.65 bits per heavy atom. The molecular weight excluding hydrogens is 424 g/mol. The molecule has 1 fully saturated rings. The molecule has 2 heterocycles. The third-order valence-corrected chi connectivity index (χ3v) is 6.56. The Balaban J connectivity index is 1.65. The van der Waals surface area contributed by atoms with Crippen molar-refractivity contribution in [1.82, 2.24) is 4.31 Å². The van der Waals surface area contributed by atoms with Gasteiger partial charge in [0, 0.05) is 19.2 Å². The number of anilines is 1. The van der Waals surface area contributed by atoms with Gasteiger partial charge in [0.1, 0.15) is 11.5 Å². The lowest BCUT2D eigenvalue weighted by molar-refractivity contribution is -0.142. The van der Waals surface area contributed by atoms with Gasteiger partial charge in [-0.1, -0.05) is 6.42 Å². The number of esters is 1. The van der Waals surface area contributed by atoms with E-state index in [9.17, 15) is 18.0 Å². The molecule has 1 aromatic heterocycles. The number of benzene rings is 1. The van der Waals surface area contributed by atoms with Gasteiger partial charge in [0.25, 0.3) is 5.91 Å². The minimum absolute atomic E-state index is 0.0591. The summed E-state index contributed by atoms with van der Waals surface area (Å²) in [5.41, 5.74) is 0.174. The second-order valence-corrected chi connectivity index (χ2v) is 8.77. The average molecular weight is 448 g/mol. The highest BCUT2D eigenvalue weighted by atomic mass is 32.2. The van der Waals surface area contributed by atoms with Gasteiger partial charge in [-0.25, -0.2) is 13.2 Å². The predicted octanol–water partition coefficient (Wildman–Crippen LogP) is 2.66. The van der Waals surface area contributed by atoms with Crippen molar-refractivity contribution in [3.63, 3.8) is 0 Å². The summed E-state index contributed by atoms with van der Waals surface area (Å²) in [6.45, 7) is 0.392. The van der Waals surface area contributed by atoms with Crippen molar-refractivity contribution in [2.45, 2.75) is 24.2 Å². The Morgan fingerprint density at radius 1 is 1.19 bits per heavy atom. The van der Waals surface area contributed by atoms with E-state index in [4.69, 9.17) is 13.9 Å². The van der Waals surface area contributed by atoms with E-state index in [1.165, 1.54) is 42.0 Å². The smallest absolute Gasteiger partial charge is 0.331 e. The zero-order valence-electron chi connectivity index (χ0n) is 17.1. The number of nitrogens with one attached hydrogen (secondary N) is 1. The van der Waals surface area contributed by atoms with E-state index in [1.807, 2.05) is 0 Å². The minimum atomic E-state index is -3.68. The van der Waals surface area contributed by atoms with Crippen LogP contribution in [0.2, 0.25) is 0 Å². The van der Waals surface area contributed by atoms with Gasteiger partial charge in [0.15, 0.2) is 6.61 Å². The molecule has 1 aromatic carbocycles. The van der Waals surface area contributed by atoms with Crippen LogP contribution in [-0.2, 0) is 24.3 Å². The van der Waals surface area contributed by atoms with Crippen molar-refractivity contribution in [3.8, 4) is 5.75 Å². The number of carbonyl (C=O) groups is 2. The zero-order chi connectivity index (χ0) is 22.3. The van der Waals surface area contributed by atoms with Gasteiger partial charge in [-0.2, -0.15) is 4.31 Å². The molecule has 3 rings (SSSR count). The van der Waals surface area contributed by atoms with E-state index in [0.29, 0.717) is 18.8 Å². The number of sulfonamides is 1. The van der Waals surface area contributed by atoms with Crippen molar-refractivity contribution in [3.05, 3.63) is 48.4 Å². The minimum Gasteiger partial charge on any atom is -0.495 e. The fraction of sp³-hybridized carbons (Fsp3) is 0.333. The number of ether oxygens (including phenoxy) is 2. The number of piperidine rings is 1. The Labute approximate surface area is 180 Å². The van der Waals surface area contributed by atoms with E-state index < -0.39 is 28.5 Å². The number of hydrogen-bond donors (Lipinski definition) is 1. The molecule has 1 aliphatic heterocycles. The first kappa shape index (κ1) is 22.6. The van der Waals surface area contributed by atoms with Gasteiger partial charge in [-0.3, -0.25) is 4.79 Å². The SMILES string of the molecule is COc1ccc(S(=O)(=O)N2CCCCC2)cc1NC(=O)COC(=O)/C=C/c1ccco1. The number of hydrogen-bond acceptors (Lipinski definition) is 7. The van der Waals surface area contributed by atoms with Crippen molar-refractivity contribution in [1.29, 1.82) is 0 Å². The fourth-order valence-electron chi connectivity index (χ4n) is 3.11. The van der Waals surface area contributed by atoms with Crippen LogP contribution in [0.4, 0.5) is 5.69 Å². The number of nitrogens with zero attached hydrogens (tertiary/aromatic N) is 1. The highest BCUT2D eigenvalue weighted by molar-refractivity contribution is 7.89. The van der Waals surface area contributed by atoms with Gasteiger partial charge in [0.2, 0.25) is 10.0 Å². The largest absolute Gasteiger partial charge is 0.495 e. The van der Waals surface area contributed by atoms with Crippen LogP contribution < -0.4 is 10.1 Å². The lowest BCUT2D eigenvalue weighted by Gasteiger charge is -2.26. The molecule has 2 aromatic rings. The molecule has 31 heavy (non-hydrogen) atoms. The first-order valence-corrected chi connectivity index (χ1v) is 11.2. The van der Waals surface area contributed by atoms with E-state index in [1.54, 1.807) is 12.1 Å². The van der Waals surface area contributed by atoms with Crippen LogP contribution in [0, 0.1) is 0 Å². The Kier molecular flexibility index (Phi) is 7.48. The van der Waals surface area contributed by atoms with E-state index in [-0.39, 0.29) is 16.3 Å². The number of methoxy groups -OCH3 is 1. The normalized spacial score (nSPS) is 15.0. The molecule has 0 bridgehead atoms. The van der Waals surface area contributed by atoms with Crippen LogP contribution in [0.5, 0.6) is 5.75 Å². The van der Waals surface area contributed by atoms with Crippen LogP contribution >= 0.6 is 0 Å². The third kappa shape index (κ3) is 5.96. The lowest BCUT2D eigenvalue weighted by Crippen LogP contribution is -2.35. The summed E-state index contributed by atoms with van der Waals surface area (Å²) < 4.78 is 42.4. The van der Waals surface area contributed by atoms with Crippen molar-refractivity contribution < 1.29 is 31.9 Å². The van der Waals surface area contributed by atoms with Crippen LogP contribution in [0.3, 0.4) is 0 Å². The molecule has 1 N–H and O–H groups in total. The molecule has 10 heteroatoms. The molecule has 0 spiro atoms. The summed E-state index contributed by atoms with van der Waals surface area (Å²) >= 11 is 0. The summed E-state index contributed by atoms with van der Waals surface area (Å²) in [5.74, 6) is -0.599. The number of rotatable bonds is 8. The van der Waals surface area contributed by atoms with Gasteiger partial charge >= 0.3 is 5.97 Å². The summed E-state index contributed by atoms with van der Waals surface area (Å²) in [7, 11) is -2.27. The van der Waals surface area contributed by atoms with Gasteiger partial charge in [0.05, 0.1) is 24.0 Å². The summed E-state index contributed by atoms with van der Waals surface area (Å²) in [6, 6.07) is 7.60. The van der Waals surface area contributed by atoms with E-state index in [0.717, 1.165) is 25.3 Å². The first-order valence-electron chi connectivity index (χ1n) is 9.76. The molecule has 0 saturated carbocycles. The van der Waals surface area contributed by atoms with Gasteiger partial charge in [-0.05, 0) is 49.2 Å². The maximum atomic E-state index is 12.9. The number of carbonyl (C=O) groups excluding carboxylic acids is 2. The topological polar surface area (TPSA) is 115 Å². The molecule has 166 valence electrons. The second-order valence-electron chi connectivity index (χ2n) is 6.83. The summed E-state index contributed by atoms with van der Waals surface area (Å²) in [4.78, 5) is 24.0. The van der Waals surface area contributed by atoms with E-state index >= 15 is 0 Å². The second kappa shape index (κ2) is 10.3. The standard InChI is InChI=1S/C21H24N2O7S/c1-28-19-9-8-17(31(26,27)23-11-3-2-4-12-23)14-18(19)22-20(24)15-30-21(25)10-7-16-6-5-13-29-16/h5-10,13-14H,2-4,11-12,15H2,1H3,(H,22,24)/b10-7+. The number of amides is 1. The molecule has 0 radical (unpaired) electrons. The predicted molar refractivity (Wildman–Crippen MR) is 113 cm³/mol. The number of furan rings is 1. The van der Waals surface area contributed by atoms with Crippen molar-refractivity contribution >= 4 is 33.7 Å². The van der Waals surface area contributed by atoms with Crippen LogP contribution in [0.25, 0.3) is 6.08 Å². The maximum absolute atomic E-state index is 12.9. The summed E-state index contributed by atoms with van der Waals surface area (Å²) in [6.07, 6.45) is 6.66. The first-order chi connectivity index (χ1) is 14.9. The molecule has 1 saturated heterocycles. The van der Waals surface area contributed by atoms with Crippen LogP contribution in [0.1, 0.15) is 25.0 Å². The highest BCUT2D eigenvalue weighted by Gasteiger charge is 2.27. The monoisotopic (exact) mass is 448 g/mol. The molecular formula is C21H24N2O7S. The highest BCUT2D eigenvalue weighted by Crippen LogP contribution is 2.30. The Bertz CT molecular complexity index is 1040. The van der Waals surface area contributed by atoms with Crippen LogP contribution in [-0.4, -0.2) is 51.4 Å². The maximum Gasteiger partial charge on any atom is 0.331 e. The molecule has 0 atom stereocenters. The fourth-order valence-corrected chi connectivity index (χ4v) is 4.65. The average Bonchev–Trinajstić information content (AvgIpc) is 3.30. The molecule has 1 amide bonds. The molecule has 1 aliphatic rings. The van der Waals surface area contributed by atoms with E-state index in [2.05, 4.69) is 5.32 Å². The molecule has 0 unspecified atom stereocenters. The Hall–Kier alpha value is -3.11. The zero-order valence-corrected chi connectivity index (χ0v) is 17.9. The molecule has 0 aliphatic carbocycles. The van der Waals surface area contributed by atoms with Crippen LogP contribution in [0.15, 0.2) is 52.0 Å². The molecule has 9 nitrogen and oxygen atoms in total. The third-order valence-electron chi connectivity index (χ3n) is 4.67. The van der Waals surface area contributed by atoms with Crippen molar-refractivity contribution in [2.75, 3.05) is 32.1 Å². The summed E-state index contributed by atoms with van der Waals surface area (Å²) in [5, 5.41) is 2.54.